The van der Waals surface area contributed by atoms with Crippen LogP contribution in [0.3, 0.4) is 0 Å². The van der Waals surface area contributed by atoms with E-state index in [-0.39, 0.29) is 36.5 Å². The van der Waals surface area contributed by atoms with Crippen molar-refractivity contribution in [1.29, 1.82) is 0 Å². The number of rotatable bonds is 10. The van der Waals surface area contributed by atoms with Gasteiger partial charge in [-0.2, -0.15) is 18.2 Å². The Balaban J connectivity index is 1.76. The maximum atomic E-state index is 13.7. The molecule has 1 aliphatic heterocycles. The summed E-state index contributed by atoms with van der Waals surface area (Å²) in [5.74, 6) is -0.912. The Morgan fingerprint density at radius 3 is 2.37 bits per heavy atom. The molecule has 41 heavy (non-hydrogen) atoms. The molecule has 15 heteroatoms. The second kappa shape index (κ2) is 13.1. The molecule has 3 aromatic rings. The monoisotopic (exact) mass is 622 g/mol. The highest BCUT2D eigenvalue weighted by Crippen LogP contribution is 2.29. The molecule has 1 aliphatic rings. The molecular weight excluding hydrogens is 595 g/mol. The van der Waals surface area contributed by atoms with Crippen molar-refractivity contribution in [3.63, 3.8) is 0 Å². The number of halogens is 2. The summed E-state index contributed by atoms with van der Waals surface area (Å²) < 4.78 is 73.5. The first-order chi connectivity index (χ1) is 19.4. The predicted octanol–water partition coefficient (Wildman–Crippen LogP) is 2.43. The van der Waals surface area contributed by atoms with Gasteiger partial charge >= 0.3 is 0 Å². The van der Waals surface area contributed by atoms with Crippen LogP contribution < -0.4 is 14.6 Å². The summed E-state index contributed by atoms with van der Waals surface area (Å²) in [4.78, 5) is 4.33. The van der Waals surface area contributed by atoms with Crippen molar-refractivity contribution < 1.29 is 26.0 Å². The summed E-state index contributed by atoms with van der Waals surface area (Å²) >= 11 is 5.93. The molecule has 218 valence electrons. The highest BCUT2D eigenvalue weighted by Gasteiger charge is 2.33. The number of aliphatic imine (C=N–C) groups is 1. The van der Waals surface area contributed by atoms with Crippen LogP contribution in [0, 0.1) is 5.82 Å². The lowest BCUT2D eigenvalue weighted by atomic mass is 9.91. The van der Waals surface area contributed by atoms with E-state index >= 15 is 0 Å². The van der Waals surface area contributed by atoms with Gasteiger partial charge in [0.05, 0.1) is 36.3 Å². The van der Waals surface area contributed by atoms with Gasteiger partial charge < -0.3 is 4.74 Å². The predicted molar refractivity (Wildman–Crippen MR) is 155 cm³/mol. The quantitative estimate of drug-likeness (QED) is 0.233. The number of hydrazone groups is 1. The average molecular weight is 623 g/mol. The number of hydrogen-bond acceptors (Lipinski definition) is 7. The van der Waals surface area contributed by atoms with E-state index < -0.39 is 32.1 Å². The Hall–Kier alpha value is -3.40. The molecule has 0 amide bonds. The van der Waals surface area contributed by atoms with E-state index in [9.17, 15) is 21.2 Å². The van der Waals surface area contributed by atoms with Gasteiger partial charge in [-0.1, -0.05) is 54.1 Å². The lowest BCUT2D eigenvalue weighted by Gasteiger charge is -2.21. The van der Waals surface area contributed by atoms with Gasteiger partial charge in [-0.05, 0) is 47.5 Å². The number of hydrogen-bond donors (Lipinski definition) is 3. The number of ether oxygens (including phenoxy) is 1. The third kappa shape index (κ3) is 8.31. The van der Waals surface area contributed by atoms with Crippen LogP contribution in [0.1, 0.15) is 17.0 Å². The van der Waals surface area contributed by atoms with E-state index in [0.29, 0.717) is 16.3 Å². The molecule has 11 nitrogen and oxygen atoms in total. The van der Waals surface area contributed by atoms with Crippen LogP contribution in [0.2, 0.25) is 5.02 Å². The van der Waals surface area contributed by atoms with Gasteiger partial charge in [0.15, 0.2) is 0 Å². The van der Waals surface area contributed by atoms with Crippen molar-refractivity contribution in [2.45, 2.75) is 16.9 Å². The van der Waals surface area contributed by atoms with Crippen LogP contribution in [0.5, 0.6) is 0 Å². The number of nitrogens with zero attached hydrogens (tertiary/aromatic N) is 3. The van der Waals surface area contributed by atoms with Crippen molar-refractivity contribution in [3.05, 3.63) is 101 Å². The smallest absolute Gasteiger partial charge is 0.274 e. The zero-order valence-corrected chi connectivity index (χ0v) is 24.2. The normalized spacial score (nSPS) is 16.9. The van der Waals surface area contributed by atoms with Crippen molar-refractivity contribution in [2.75, 3.05) is 26.8 Å². The molecule has 0 saturated heterocycles. The molecule has 0 bridgehead atoms. The zero-order chi connectivity index (χ0) is 29.6. The minimum Gasteiger partial charge on any atom is -0.383 e. The summed E-state index contributed by atoms with van der Waals surface area (Å²) in [6.07, 6.45) is 0. The van der Waals surface area contributed by atoms with Gasteiger partial charge in [0.2, 0.25) is 5.96 Å². The van der Waals surface area contributed by atoms with E-state index in [1.807, 2.05) is 30.3 Å². The molecule has 2 atom stereocenters. The van der Waals surface area contributed by atoms with Crippen LogP contribution in [0.15, 0.2) is 93.9 Å². The maximum Gasteiger partial charge on any atom is 0.274 e. The van der Waals surface area contributed by atoms with Crippen LogP contribution >= 0.6 is 11.6 Å². The molecule has 4 rings (SSSR count). The van der Waals surface area contributed by atoms with E-state index in [1.54, 1.807) is 12.1 Å². The largest absolute Gasteiger partial charge is 0.383 e. The Morgan fingerprint density at radius 2 is 1.76 bits per heavy atom. The van der Waals surface area contributed by atoms with Crippen LogP contribution in [-0.2, 0) is 25.0 Å². The fourth-order valence-corrected chi connectivity index (χ4v) is 5.93. The van der Waals surface area contributed by atoms with Crippen molar-refractivity contribution in [1.82, 2.24) is 14.5 Å². The Morgan fingerprint density at radius 1 is 1.10 bits per heavy atom. The van der Waals surface area contributed by atoms with Crippen LogP contribution in [-0.4, -0.2) is 66.4 Å². The lowest BCUT2D eigenvalue weighted by molar-refractivity contribution is 0.177. The Bertz CT molecular complexity index is 1620. The molecule has 4 N–H and O–H groups in total. The first-order valence-electron chi connectivity index (χ1n) is 12.2. The standard InChI is InChI=1S/C26H28ClFN6O5S2/c1-39-17-22(32-41(29,37)38)15-30-26(33-40(35,36)23-13-9-20(27)10-14-23)34-16-24(18-5-3-2-4-6-18)25(31-34)19-7-11-21(28)12-8-19/h2-14,22,24,32H,15-17H2,1H3,(H,30,33)(H2,29,37,38)/t22-,24+/m0/s1. The van der Waals surface area contributed by atoms with Gasteiger partial charge in [0, 0.05) is 18.1 Å². The molecule has 3 aromatic carbocycles. The van der Waals surface area contributed by atoms with E-state index in [4.69, 9.17) is 26.6 Å². The topological polar surface area (TPSA) is 156 Å². The highest BCUT2D eigenvalue weighted by atomic mass is 35.5. The SMILES string of the molecule is COC[C@H](C/N=C(/NS(=O)(=O)c1ccc(Cl)cc1)N1C[C@H](c2ccccc2)C(c2ccc(F)cc2)=N1)NS(N)(=O)=O. The second-order valence-electron chi connectivity index (χ2n) is 9.08. The van der Waals surface area contributed by atoms with Gasteiger partial charge in [-0.15, -0.1) is 0 Å². The van der Waals surface area contributed by atoms with Crippen LogP contribution in [0.4, 0.5) is 4.39 Å². The summed E-state index contributed by atoms with van der Waals surface area (Å²) in [6.45, 7) is -0.152. The number of sulfonamides is 1. The summed E-state index contributed by atoms with van der Waals surface area (Å²) in [7, 11) is -6.91. The molecule has 1 heterocycles. The van der Waals surface area contributed by atoms with Gasteiger partial charge in [-0.3, -0.25) is 0 Å². The highest BCUT2D eigenvalue weighted by molar-refractivity contribution is 7.90. The van der Waals surface area contributed by atoms with Crippen molar-refractivity contribution in [2.24, 2.45) is 15.2 Å². The molecular formula is C26H28ClFN6O5S2. The minimum atomic E-state index is -4.17. The summed E-state index contributed by atoms with van der Waals surface area (Å²) in [5.41, 5.74) is 2.09. The van der Waals surface area contributed by atoms with Crippen LogP contribution in [0.25, 0.3) is 0 Å². The summed E-state index contributed by atoms with van der Waals surface area (Å²) in [5, 5.41) is 11.6. The molecule has 0 unspecified atom stereocenters. The van der Waals surface area contributed by atoms with E-state index in [2.05, 4.69) is 14.4 Å². The first kappa shape index (κ1) is 30.6. The first-order valence-corrected chi connectivity index (χ1v) is 15.6. The fraction of sp³-hybridized carbons (Fsp3) is 0.231. The average Bonchev–Trinajstić information content (AvgIpc) is 3.37. The van der Waals surface area contributed by atoms with Crippen molar-refractivity contribution >= 4 is 43.5 Å². The number of benzene rings is 3. The number of nitrogens with two attached hydrogens (primary N) is 1. The molecule has 0 saturated carbocycles. The number of nitrogens with one attached hydrogen (secondary N) is 2. The molecule has 0 radical (unpaired) electrons. The maximum absolute atomic E-state index is 13.7. The fourth-order valence-electron chi connectivity index (χ4n) is 4.18. The summed E-state index contributed by atoms with van der Waals surface area (Å²) in [6, 6.07) is 19.9. The van der Waals surface area contributed by atoms with Gasteiger partial charge in [0.1, 0.15) is 5.82 Å². The number of methoxy groups -OCH3 is 1. The van der Waals surface area contributed by atoms with E-state index in [1.165, 1.54) is 48.5 Å². The minimum absolute atomic E-state index is 0.0766. The molecule has 0 aliphatic carbocycles. The zero-order valence-electron chi connectivity index (χ0n) is 21.8. The molecule has 0 fully saturated rings. The Labute approximate surface area is 243 Å². The van der Waals surface area contributed by atoms with Gasteiger partial charge in [0.25, 0.3) is 20.2 Å². The lowest BCUT2D eigenvalue weighted by Crippen LogP contribution is -2.45. The van der Waals surface area contributed by atoms with Crippen molar-refractivity contribution in [3.8, 4) is 0 Å². The second-order valence-corrected chi connectivity index (χ2v) is 12.5. The van der Waals surface area contributed by atoms with E-state index in [0.717, 1.165) is 5.56 Å². The number of guanidine groups is 1. The third-order valence-corrected chi connectivity index (χ3v) is 8.27. The Kier molecular flexibility index (Phi) is 9.73. The molecule has 0 spiro atoms. The van der Waals surface area contributed by atoms with Gasteiger partial charge in [-0.25, -0.2) is 32.7 Å². The molecule has 0 aromatic heterocycles. The third-order valence-electron chi connectivity index (χ3n) is 6.01.